The first-order valence-corrected chi connectivity index (χ1v) is 6.24. The van der Waals surface area contributed by atoms with Crippen molar-refractivity contribution in [2.45, 2.75) is 35.9 Å². The van der Waals surface area contributed by atoms with Crippen molar-refractivity contribution in [1.29, 1.82) is 0 Å². The van der Waals surface area contributed by atoms with Crippen LogP contribution in [0.1, 0.15) is 25.7 Å². The van der Waals surface area contributed by atoms with Crippen molar-refractivity contribution in [2.75, 3.05) is 11.5 Å². The summed E-state index contributed by atoms with van der Waals surface area (Å²) in [7, 11) is 0. The second kappa shape index (κ2) is 3.19. The van der Waals surface area contributed by atoms with Gasteiger partial charge in [-0.25, -0.2) is 0 Å². The summed E-state index contributed by atoms with van der Waals surface area (Å²) in [6, 6.07) is 0. The highest BCUT2D eigenvalue weighted by Gasteiger charge is 2.38. The maximum atomic E-state index is 9.33. The maximum Gasteiger partial charge on any atom is 0.0613 e. The number of hydrogen-bond donors (Lipinski definition) is 1. The summed E-state index contributed by atoms with van der Waals surface area (Å²) in [5.74, 6) is 2.64. The predicted octanol–water partition coefficient (Wildman–Crippen LogP) is 2.10. The van der Waals surface area contributed by atoms with E-state index in [1.54, 1.807) is 0 Å². The van der Waals surface area contributed by atoms with E-state index in [0.29, 0.717) is 4.08 Å². The van der Waals surface area contributed by atoms with Gasteiger partial charge in [0, 0.05) is 11.5 Å². The Morgan fingerprint density at radius 2 is 1.64 bits per heavy atom. The molecule has 0 bridgehead atoms. The van der Waals surface area contributed by atoms with Gasteiger partial charge in [0.1, 0.15) is 0 Å². The van der Waals surface area contributed by atoms with Crippen LogP contribution in [0.5, 0.6) is 0 Å². The summed E-state index contributed by atoms with van der Waals surface area (Å²) in [6.45, 7) is 0. The largest absolute Gasteiger partial charge is 0.393 e. The molecule has 64 valence electrons. The van der Waals surface area contributed by atoms with Crippen molar-refractivity contribution in [3.05, 3.63) is 0 Å². The van der Waals surface area contributed by atoms with E-state index in [4.69, 9.17) is 0 Å². The minimum absolute atomic E-state index is 0.00225. The van der Waals surface area contributed by atoms with Gasteiger partial charge in [-0.05, 0) is 25.7 Å². The lowest BCUT2D eigenvalue weighted by Crippen LogP contribution is -2.27. The predicted molar refractivity (Wildman–Crippen MR) is 52.1 cm³/mol. The van der Waals surface area contributed by atoms with Gasteiger partial charge in [-0.15, -0.1) is 23.5 Å². The van der Waals surface area contributed by atoms with Gasteiger partial charge in [0.2, 0.25) is 0 Å². The van der Waals surface area contributed by atoms with E-state index in [-0.39, 0.29) is 6.10 Å². The third kappa shape index (κ3) is 1.70. The van der Waals surface area contributed by atoms with Crippen molar-refractivity contribution < 1.29 is 5.11 Å². The standard InChI is InChI=1S/C8H14OS2/c9-7-1-3-8(4-2-7)10-5-6-11-8/h7,9H,1-6H2. The third-order valence-corrected chi connectivity index (χ3v) is 6.18. The van der Waals surface area contributed by atoms with Crippen molar-refractivity contribution in [2.24, 2.45) is 0 Å². The smallest absolute Gasteiger partial charge is 0.0613 e. The van der Waals surface area contributed by atoms with E-state index in [1.807, 2.05) is 0 Å². The van der Waals surface area contributed by atoms with Crippen LogP contribution < -0.4 is 0 Å². The first kappa shape index (κ1) is 8.27. The number of aliphatic hydroxyl groups excluding tert-OH is 1. The van der Waals surface area contributed by atoms with Gasteiger partial charge < -0.3 is 5.11 Å². The van der Waals surface area contributed by atoms with Crippen LogP contribution in [0.4, 0.5) is 0 Å². The molecule has 0 amide bonds. The fourth-order valence-electron chi connectivity index (χ4n) is 1.83. The molecule has 0 atom stereocenters. The maximum absolute atomic E-state index is 9.33. The molecule has 1 nitrogen and oxygen atoms in total. The van der Waals surface area contributed by atoms with Crippen molar-refractivity contribution in [1.82, 2.24) is 0 Å². The van der Waals surface area contributed by atoms with E-state index in [1.165, 1.54) is 24.3 Å². The molecule has 2 rings (SSSR count). The zero-order valence-corrected chi connectivity index (χ0v) is 8.22. The van der Waals surface area contributed by atoms with E-state index < -0.39 is 0 Å². The van der Waals surface area contributed by atoms with Gasteiger partial charge in [0.15, 0.2) is 0 Å². The summed E-state index contributed by atoms with van der Waals surface area (Å²) in [5, 5.41) is 9.33. The zero-order chi connectivity index (χ0) is 7.73. The molecule has 0 radical (unpaired) electrons. The van der Waals surface area contributed by atoms with Crippen LogP contribution in [-0.4, -0.2) is 26.8 Å². The molecule has 1 spiro atoms. The monoisotopic (exact) mass is 190 g/mol. The molecule has 2 fully saturated rings. The SMILES string of the molecule is OC1CCC2(CC1)SCCS2. The lowest BCUT2D eigenvalue weighted by Gasteiger charge is -2.33. The first-order valence-electron chi connectivity index (χ1n) is 4.27. The van der Waals surface area contributed by atoms with E-state index in [2.05, 4.69) is 23.5 Å². The Balaban J connectivity index is 1.94. The molecule has 0 aromatic heterocycles. The number of hydrogen-bond acceptors (Lipinski definition) is 3. The van der Waals surface area contributed by atoms with Crippen LogP contribution in [0.3, 0.4) is 0 Å². The highest BCUT2D eigenvalue weighted by Crippen LogP contribution is 2.52. The van der Waals surface area contributed by atoms with E-state index in [9.17, 15) is 5.11 Å². The van der Waals surface area contributed by atoms with Crippen molar-refractivity contribution in [3.8, 4) is 0 Å². The third-order valence-electron chi connectivity index (χ3n) is 2.53. The number of thioether (sulfide) groups is 2. The molecule has 2 aliphatic rings. The molecule has 0 aromatic carbocycles. The van der Waals surface area contributed by atoms with Crippen LogP contribution in [0.2, 0.25) is 0 Å². The molecule has 1 saturated carbocycles. The second-order valence-corrected chi connectivity index (χ2v) is 6.55. The highest BCUT2D eigenvalue weighted by molar-refractivity contribution is 8.21. The molecule has 3 heteroatoms. The van der Waals surface area contributed by atoms with Crippen LogP contribution in [0.15, 0.2) is 0 Å². The molecule has 1 aliphatic heterocycles. The Morgan fingerprint density at radius 1 is 1.09 bits per heavy atom. The highest BCUT2D eigenvalue weighted by atomic mass is 32.2. The zero-order valence-electron chi connectivity index (χ0n) is 6.58. The Bertz CT molecular complexity index is 133. The molecule has 1 saturated heterocycles. The molecule has 11 heavy (non-hydrogen) atoms. The summed E-state index contributed by atoms with van der Waals surface area (Å²) in [4.78, 5) is 0. The fraction of sp³-hybridized carbons (Fsp3) is 1.00. The normalized spacial score (nSPS) is 31.4. The van der Waals surface area contributed by atoms with Gasteiger partial charge in [-0.3, -0.25) is 0 Å². The minimum atomic E-state index is 0.00225. The topological polar surface area (TPSA) is 20.2 Å². The molecular weight excluding hydrogens is 176 g/mol. The number of rotatable bonds is 0. The van der Waals surface area contributed by atoms with E-state index in [0.717, 1.165) is 12.8 Å². The quantitative estimate of drug-likeness (QED) is 0.631. The Morgan fingerprint density at radius 3 is 2.18 bits per heavy atom. The summed E-state index contributed by atoms with van der Waals surface area (Å²) in [6.07, 6.45) is 4.51. The van der Waals surface area contributed by atoms with Gasteiger partial charge in [-0.1, -0.05) is 0 Å². The van der Waals surface area contributed by atoms with Crippen molar-refractivity contribution in [3.63, 3.8) is 0 Å². The lowest BCUT2D eigenvalue weighted by atomic mass is 9.97. The average Bonchev–Trinajstić information content (AvgIpc) is 2.45. The second-order valence-electron chi connectivity index (χ2n) is 3.34. The van der Waals surface area contributed by atoms with Gasteiger partial charge >= 0.3 is 0 Å². The molecular formula is C8H14OS2. The Kier molecular flexibility index (Phi) is 2.40. The first-order chi connectivity index (χ1) is 5.31. The molecule has 0 aromatic rings. The van der Waals surface area contributed by atoms with Gasteiger partial charge in [0.05, 0.1) is 10.2 Å². The average molecular weight is 190 g/mol. The van der Waals surface area contributed by atoms with Crippen LogP contribution >= 0.6 is 23.5 Å². The Labute approximate surface area is 76.3 Å². The van der Waals surface area contributed by atoms with Crippen LogP contribution in [0, 0.1) is 0 Å². The minimum Gasteiger partial charge on any atom is -0.393 e. The summed E-state index contributed by atoms with van der Waals surface area (Å²) in [5.41, 5.74) is 0. The Hall–Kier alpha value is 0.660. The van der Waals surface area contributed by atoms with Crippen molar-refractivity contribution >= 4 is 23.5 Å². The van der Waals surface area contributed by atoms with Crippen LogP contribution in [-0.2, 0) is 0 Å². The summed E-state index contributed by atoms with van der Waals surface area (Å²) < 4.78 is 0.527. The molecule has 0 unspecified atom stereocenters. The molecule has 1 aliphatic carbocycles. The summed E-state index contributed by atoms with van der Waals surface area (Å²) >= 11 is 4.24. The fourth-order valence-corrected chi connectivity index (χ4v) is 5.12. The van der Waals surface area contributed by atoms with Gasteiger partial charge in [0.25, 0.3) is 0 Å². The lowest BCUT2D eigenvalue weighted by molar-refractivity contribution is 0.129. The molecule has 1 N–H and O–H groups in total. The van der Waals surface area contributed by atoms with Crippen LogP contribution in [0.25, 0.3) is 0 Å². The number of aliphatic hydroxyl groups is 1. The molecule has 1 heterocycles. The van der Waals surface area contributed by atoms with E-state index >= 15 is 0 Å². The van der Waals surface area contributed by atoms with Gasteiger partial charge in [-0.2, -0.15) is 0 Å².